The standard InChI is InChI=1S/C11H15N5O/c1-2-3-9(6-12)11(17)15-4-5-16-8-13-14-10(16)7-15/h8-9H,2-5,7H2,1H3. The molecule has 0 bridgehead atoms. The molecule has 0 aliphatic carbocycles. The number of carbonyl (C=O) groups is 1. The van der Waals surface area contributed by atoms with Crippen LogP contribution in [0.4, 0.5) is 0 Å². The molecule has 2 heterocycles. The molecule has 1 amide bonds. The summed E-state index contributed by atoms with van der Waals surface area (Å²) in [7, 11) is 0. The number of nitrogens with zero attached hydrogens (tertiary/aromatic N) is 5. The third-order valence-corrected chi connectivity index (χ3v) is 2.98. The highest BCUT2D eigenvalue weighted by Gasteiger charge is 2.27. The van der Waals surface area contributed by atoms with Crippen LogP contribution in [0.15, 0.2) is 6.33 Å². The summed E-state index contributed by atoms with van der Waals surface area (Å²) in [5, 5.41) is 16.7. The van der Waals surface area contributed by atoms with E-state index in [-0.39, 0.29) is 5.91 Å². The molecule has 0 spiro atoms. The highest BCUT2D eigenvalue weighted by Crippen LogP contribution is 2.15. The second-order valence-corrected chi connectivity index (χ2v) is 4.17. The quantitative estimate of drug-likeness (QED) is 0.764. The van der Waals surface area contributed by atoms with Crippen LogP contribution in [-0.4, -0.2) is 32.1 Å². The summed E-state index contributed by atoms with van der Waals surface area (Å²) in [6, 6.07) is 2.08. The Labute approximate surface area is 99.9 Å². The van der Waals surface area contributed by atoms with Crippen molar-refractivity contribution in [2.45, 2.75) is 32.9 Å². The Bertz CT molecular complexity index is 447. The Hall–Kier alpha value is -1.90. The molecule has 0 saturated heterocycles. The van der Waals surface area contributed by atoms with Gasteiger partial charge in [0.25, 0.3) is 0 Å². The van der Waals surface area contributed by atoms with E-state index in [1.54, 1.807) is 11.2 Å². The summed E-state index contributed by atoms with van der Waals surface area (Å²) in [5.41, 5.74) is 0. The van der Waals surface area contributed by atoms with Gasteiger partial charge in [0, 0.05) is 13.1 Å². The minimum atomic E-state index is -0.519. The van der Waals surface area contributed by atoms with Crippen LogP contribution in [0.3, 0.4) is 0 Å². The number of fused-ring (bicyclic) bond motifs is 1. The number of carbonyl (C=O) groups excluding carboxylic acids is 1. The molecule has 0 aromatic carbocycles. The topological polar surface area (TPSA) is 74.8 Å². The van der Waals surface area contributed by atoms with Crippen molar-refractivity contribution in [1.29, 1.82) is 5.26 Å². The van der Waals surface area contributed by atoms with Crippen molar-refractivity contribution in [3.05, 3.63) is 12.2 Å². The Balaban J connectivity index is 2.05. The fourth-order valence-electron chi connectivity index (χ4n) is 2.01. The smallest absolute Gasteiger partial charge is 0.240 e. The first-order valence-electron chi connectivity index (χ1n) is 5.81. The summed E-state index contributed by atoms with van der Waals surface area (Å²) in [6.45, 7) is 3.77. The number of hydrogen-bond acceptors (Lipinski definition) is 4. The van der Waals surface area contributed by atoms with E-state index in [1.807, 2.05) is 11.5 Å². The number of rotatable bonds is 3. The minimum Gasteiger partial charge on any atom is -0.332 e. The largest absolute Gasteiger partial charge is 0.332 e. The zero-order valence-corrected chi connectivity index (χ0v) is 9.83. The molecule has 1 aromatic heterocycles. The van der Waals surface area contributed by atoms with E-state index in [0.29, 0.717) is 26.1 Å². The van der Waals surface area contributed by atoms with E-state index in [4.69, 9.17) is 5.26 Å². The molecular formula is C11H15N5O. The molecule has 6 heteroatoms. The van der Waals surface area contributed by atoms with Crippen LogP contribution in [0.1, 0.15) is 25.6 Å². The zero-order valence-electron chi connectivity index (χ0n) is 9.83. The lowest BCUT2D eigenvalue weighted by Gasteiger charge is -2.28. The predicted octanol–water partition coefficient (Wildman–Crippen LogP) is 0.560. The molecular weight excluding hydrogens is 218 g/mol. The molecule has 0 saturated carbocycles. The maximum absolute atomic E-state index is 12.1. The Morgan fingerprint density at radius 1 is 1.65 bits per heavy atom. The maximum atomic E-state index is 12.1. The van der Waals surface area contributed by atoms with Crippen molar-refractivity contribution in [3.8, 4) is 6.07 Å². The van der Waals surface area contributed by atoms with Gasteiger partial charge in [-0.25, -0.2) is 0 Å². The normalized spacial score (nSPS) is 16.1. The molecule has 1 aromatic rings. The Morgan fingerprint density at radius 2 is 2.47 bits per heavy atom. The molecule has 1 unspecified atom stereocenters. The lowest BCUT2D eigenvalue weighted by Crippen LogP contribution is -2.41. The van der Waals surface area contributed by atoms with Crippen molar-refractivity contribution >= 4 is 5.91 Å². The third-order valence-electron chi connectivity index (χ3n) is 2.98. The summed E-state index contributed by atoms with van der Waals surface area (Å²) in [4.78, 5) is 13.8. The maximum Gasteiger partial charge on any atom is 0.240 e. The number of amides is 1. The molecule has 90 valence electrons. The fourth-order valence-corrected chi connectivity index (χ4v) is 2.01. The van der Waals surface area contributed by atoms with Crippen molar-refractivity contribution in [2.24, 2.45) is 5.92 Å². The van der Waals surface area contributed by atoms with E-state index in [0.717, 1.165) is 12.2 Å². The average Bonchev–Trinajstić information content (AvgIpc) is 2.82. The summed E-state index contributed by atoms with van der Waals surface area (Å²) < 4.78 is 1.94. The van der Waals surface area contributed by atoms with Gasteiger partial charge in [0.15, 0.2) is 5.82 Å². The van der Waals surface area contributed by atoms with Crippen LogP contribution in [0.25, 0.3) is 0 Å². The van der Waals surface area contributed by atoms with Crippen molar-refractivity contribution in [3.63, 3.8) is 0 Å². The van der Waals surface area contributed by atoms with Crippen LogP contribution in [-0.2, 0) is 17.9 Å². The Morgan fingerprint density at radius 3 is 3.18 bits per heavy atom. The van der Waals surface area contributed by atoms with Gasteiger partial charge >= 0.3 is 0 Å². The zero-order chi connectivity index (χ0) is 12.3. The molecule has 1 aliphatic heterocycles. The minimum absolute atomic E-state index is 0.0800. The first kappa shape index (κ1) is 11.6. The van der Waals surface area contributed by atoms with Crippen molar-refractivity contribution in [2.75, 3.05) is 6.54 Å². The number of aromatic nitrogens is 3. The van der Waals surface area contributed by atoms with Gasteiger partial charge in [-0.3, -0.25) is 4.79 Å². The fraction of sp³-hybridized carbons (Fsp3) is 0.636. The van der Waals surface area contributed by atoms with E-state index in [9.17, 15) is 4.79 Å². The highest BCUT2D eigenvalue weighted by atomic mass is 16.2. The van der Waals surface area contributed by atoms with E-state index in [2.05, 4.69) is 16.3 Å². The molecule has 0 fully saturated rings. The first-order valence-corrected chi connectivity index (χ1v) is 5.81. The Kier molecular flexibility index (Phi) is 3.38. The van der Waals surface area contributed by atoms with Crippen molar-refractivity contribution < 1.29 is 4.79 Å². The second-order valence-electron chi connectivity index (χ2n) is 4.17. The monoisotopic (exact) mass is 233 g/mol. The summed E-state index contributed by atoms with van der Waals surface area (Å²) >= 11 is 0. The number of nitriles is 1. The number of hydrogen-bond donors (Lipinski definition) is 0. The van der Waals surface area contributed by atoms with Gasteiger partial charge in [0.2, 0.25) is 5.91 Å². The van der Waals surface area contributed by atoms with Gasteiger partial charge in [-0.1, -0.05) is 13.3 Å². The molecule has 6 nitrogen and oxygen atoms in total. The SMILES string of the molecule is CCCC(C#N)C(=O)N1CCn2cnnc2C1. The van der Waals surface area contributed by atoms with Crippen LogP contribution in [0, 0.1) is 17.2 Å². The van der Waals surface area contributed by atoms with Gasteiger partial charge < -0.3 is 9.47 Å². The van der Waals surface area contributed by atoms with Crippen LogP contribution >= 0.6 is 0 Å². The summed E-state index contributed by atoms with van der Waals surface area (Å²) in [6.07, 6.45) is 3.14. The summed E-state index contributed by atoms with van der Waals surface area (Å²) in [5.74, 6) is 0.191. The third kappa shape index (κ3) is 2.28. The molecule has 0 radical (unpaired) electrons. The van der Waals surface area contributed by atoms with Gasteiger partial charge in [-0.15, -0.1) is 10.2 Å². The van der Waals surface area contributed by atoms with Gasteiger partial charge in [0.05, 0.1) is 12.6 Å². The lowest BCUT2D eigenvalue weighted by molar-refractivity contribution is -0.135. The molecule has 2 rings (SSSR count). The van der Waals surface area contributed by atoms with Gasteiger partial charge in [-0.05, 0) is 6.42 Å². The van der Waals surface area contributed by atoms with Crippen LogP contribution in [0.5, 0.6) is 0 Å². The van der Waals surface area contributed by atoms with E-state index < -0.39 is 5.92 Å². The highest BCUT2D eigenvalue weighted by molar-refractivity contribution is 5.81. The molecule has 1 aliphatic rings. The lowest BCUT2D eigenvalue weighted by atomic mass is 10.0. The second kappa shape index (κ2) is 4.95. The molecule has 0 N–H and O–H groups in total. The molecule has 1 atom stereocenters. The van der Waals surface area contributed by atoms with Crippen molar-refractivity contribution in [1.82, 2.24) is 19.7 Å². The average molecular weight is 233 g/mol. The van der Waals surface area contributed by atoms with E-state index in [1.165, 1.54) is 0 Å². The molecule has 17 heavy (non-hydrogen) atoms. The predicted molar refractivity (Wildman–Crippen MR) is 59.5 cm³/mol. The van der Waals surface area contributed by atoms with Crippen LogP contribution in [0.2, 0.25) is 0 Å². The van der Waals surface area contributed by atoms with Gasteiger partial charge in [-0.2, -0.15) is 5.26 Å². The first-order chi connectivity index (χ1) is 8.26. The van der Waals surface area contributed by atoms with Gasteiger partial charge in [0.1, 0.15) is 12.2 Å². The van der Waals surface area contributed by atoms with E-state index >= 15 is 0 Å². The van der Waals surface area contributed by atoms with Crippen LogP contribution < -0.4 is 0 Å².